The smallest absolute Gasteiger partial charge is 0.137 e. The molecule has 126 valence electrons. The molecule has 7 nitrogen and oxygen atoms in total. The van der Waals surface area contributed by atoms with Crippen molar-refractivity contribution < 1.29 is 5.11 Å². The van der Waals surface area contributed by atoms with Crippen LogP contribution in [0.15, 0.2) is 36.8 Å². The Morgan fingerprint density at radius 3 is 2.92 bits per heavy atom. The zero-order chi connectivity index (χ0) is 16.4. The highest BCUT2D eigenvalue weighted by Crippen LogP contribution is 2.28. The van der Waals surface area contributed by atoms with Crippen LogP contribution in [-0.2, 0) is 13.2 Å². The summed E-state index contributed by atoms with van der Waals surface area (Å²) in [5, 5.41) is 21.1. The fourth-order valence-corrected chi connectivity index (χ4v) is 3.52. The first-order valence-corrected chi connectivity index (χ1v) is 8.51. The lowest BCUT2D eigenvalue weighted by molar-refractivity contribution is 0.242. The van der Waals surface area contributed by atoms with E-state index >= 15 is 0 Å². The number of nitrogens with zero attached hydrogens (tertiary/aromatic N) is 5. The van der Waals surface area contributed by atoms with Crippen LogP contribution < -0.4 is 5.32 Å². The van der Waals surface area contributed by atoms with Crippen molar-refractivity contribution in [2.75, 3.05) is 0 Å². The number of imidazole rings is 1. The summed E-state index contributed by atoms with van der Waals surface area (Å²) in [5.41, 5.74) is 2.64. The molecule has 24 heavy (non-hydrogen) atoms. The Morgan fingerprint density at radius 1 is 1.17 bits per heavy atom. The van der Waals surface area contributed by atoms with E-state index in [0.717, 1.165) is 30.7 Å². The summed E-state index contributed by atoms with van der Waals surface area (Å²) in [4.78, 5) is 4.64. The van der Waals surface area contributed by atoms with Crippen molar-refractivity contribution in [3.63, 3.8) is 0 Å². The normalized spacial score (nSPS) is 21.4. The molecule has 0 bridgehead atoms. The highest BCUT2D eigenvalue weighted by atomic mass is 16.3. The number of hydrogen-bond donors (Lipinski definition) is 2. The highest BCUT2D eigenvalue weighted by Gasteiger charge is 2.27. The summed E-state index contributed by atoms with van der Waals surface area (Å²) in [5.74, 6) is 0. The maximum absolute atomic E-state index is 9.19. The third-order valence-electron chi connectivity index (χ3n) is 4.75. The molecular weight excluding hydrogens is 304 g/mol. The van der Waals surface area contributed by atoms with Crippen molar-refractivity contribution >= 4 is 5.65 Å². The van der Waals surface area contributed by atoms with Crippen molar-refractivity contribution in [1.29, 1.82) is 0 Å². The van der Waals surface area contributed by atoms with E-state index < -0.39 is 0 Å². The van der Waals surface area contributed by atoms with Gasteiger partial charge in [-0.2, -0.15) is 0 Å². The summed E-state index contributed by atoms with van der Waals surface area (Å²) in [6.45, 7) is 0.677. The van der Waals surface area contributed by atoms with Gasteiger partial charge in [0.2, 0.25) is 0 Å². The van der Waals surface area contributed by atoms with E-state index in [0.29, 0.717) is 11.7 Å². The molecular formula is C17H22N6O. The first kappa shape index (κ1) is 15.3. The van der Waals surface area contributed by atoms with Gasteiger partial charge in [0.1, 0.15) is 11.3 Å². The molecule has 3 aromatic rings. The van der Waals surface area contributed by atoms with E-state index in [1.54, 1.807) is 0 Å². The lowest BCUT2D eigenvalue weighted by atomic mass is 9.90. The predicted octanol–water partition coefficient (Wildman–Crippen LogP) is 1.69. The van der Waals surface area contributed by atoms with Gasteiger partial charge in [-0.05, 0) is 25.0 Å². The number of fused-ring (bicyclic) bond motifs is 1. The van der Waals surface area contributed by atoms with Crippen molar-refractivity contribution in [2.45, 2.75) is 50.9 Å². The third-order valence-corrected chi connectivity index (χ3v) is 4.75. The van der Waals surface area contributed by atoms with Crippen LogP contribution in [0.2, 0.25) is 0 Å². The monoisotopic (exact) mass is 326 g/mol. The molecule has 2 N–H and O–H groups in total. The van der Waals surface area contributed by atoms with E-state index in [1.807, 2.05) is 39.7 Å². The summed E-state index contributed by atoms with van der Waals surface area (Å²) in [6, 6.07) is 6.64. The van der Waals surface area contributed by atoms with Crippen LogP contribution >= 0.6 is 0 Å². The van der Waals surface area contributed by atoms with Gasteiger partial charge in [0.05, 0.1) is 24.5 Å². The van der Waals surface area contributed by atoms with E-state index in [4.69, 9.17) is 0 Å². The van der Waals surface area contributed by atoms with Crippen LogP contribution in [0.4, 0.5) is 0 Å². The predicted molar refractivity (Wildman–Crippen MR) is 89.3 cm³/mol. The van der Waals surface area contributed by atoms with Gasteiger partial charge in [-0.25, -0.2) is 9.67 Å². The van der Waals surface area contributed by atoms with Gasteiger partial charge in [0, 0.05) is 25.0 Å². The zero-order valence-corrected chi connectivity index (χ0v) is 13.5. The number of hydrogen-bond acceptors (Lipinski definition) is 5. The number of pyridine rings is 1. The first-order chi connectivity index (χ1) is 11.8. The Morgan fingerprint density at radius 2 is 2.08 bits per heavy atom. The van der Waals surface area contributed by atoms with Crippen molar-refractivity contribution in [2.24, 2.45) is 0 Å². The lowest BCUT2D eigenvalue weighted by Gasteiger charge is -2.32. The molecule has 1 saturated carbocycles. The quantitative estimate of drug-likeness (QED) is 0.746. The Bertz CT molecular complexity index is 777. The average molecular weight is 326 g/mol. The molecule has 0 spiro atoms. The molecule has 4 rings (SSSR count). The fourth-order valence-electron chi connectivity index (χ4n) is 3.52. The van der Waals surface area contributed by atoms with Crippen LogP contribution in [-0.4, -0.2) is 35.5 Å². The fraction of sp³-hybridized carbons (Fsp3) is 0.471. The number of aliphatic hydroxyl groups is 1. The summed E-state index contributed by atoms with van der Waals surface area (Å²) in [7, 11) is 0. The summed E-state index contributed by atoms with van der Waals surface area (Å²) in [6.07, 6.45) is 10.6. The second-order valence-corrected chi connectivity index (χ2v) is 6.39. The molecule has 0 radical (unpaired) electrons. The van der Waals surface area contributed by atoms with Gasteiger partial charge in [0.15, 0.2) is 0 Å². The van der Waals surface area contributed by atoms with Gasteiger partial charge in [-0.3, -0.25) is 0 Å². The molecule has 7 heteroatoms. The van der Waals surface area contributed by atoms with Gasteiger partial charge in [-0.1, -0.05) is 24.1 Å². The molecule has 0 aromatic carbocycles. The van der Waals surface area contributed by atoms with Crippen LogP contribution in [0.25, 0.3) is 5.65 Å². The second kappa shape index (κ2) is 6.70. The minimum atomic E-state index is -0.0634. The first-order valence-electron chi connectivity index (χ1n) is 8.51. The number of aliphatic hydroxyl groups excluding tert-OH is 1. The Balaban J connectivity index is 1.46. The lowest BCUT2D eigenvalue weighted by Crippen LogP contribution is -2.39. The Labute approximate surface area is 140 Å². The molecule has 0 aliphatic heterocycles. The topological polar surface area (TPSA) is 80.3 Å². The van der Waals surface area contributed by atoms with Crippen LogP contribution in [0.1, 0.15) is 43.1 Å². The Kier molecular flexibility index (Phi) is 4.27. The minimum Gasteiger partial charge on any atom is -0.390 e. The highest BCUT2D eigenvalue weighted by molar-refractivity contribution is 5.39. The second-order valence-electron chi connectivity index (χ2n) is 6.39. The average Bonchev–Trinajstić information content (AvgIpc) is 3.26. The molecule has 0 saturated heterocycles. The molecule has 2 atom stereocenters. The van der Waals surface area contributed by atoms with E-state index in [9.17, 15) is 5.11 Å². The van der Waals surface area contributed by atoms with Crippen molar-refractivity contribution in [3.05, 3.63) is 48.2 Å². The van der Waals surface area contributed by atoms with Crippen LogP contribution in [0.5, 0.6) is 0 Å². The molecule has 1 fully saturated rings. The number of nitrogens with one attached hydrogen (secondary N) is 1. The van der Waals surface area contributed by atoms with Gasteiger partial charge in [-0.15, -0.1) is 5.10 Å². The molecule has 0 amide bonds. The molecule has 3 heterocycles. The largest absolute Gasteiger partial charge is 0.390 e. The maximum atomic E-state index is 9.19. The van der Waals surface area contributed by atoms with Crippen molar-refractivity contribution in [3.8, 4) is 0 Å². The molecule has 3 aromatic heterocycles. The summed E-state index contributed by atoms with van der Waals surface area (Å²) >= 11 is 0. The van der Waals surface area contributed by atoms with Crippen LogP contribution in [0, 0.1) is 0 Å². The molecule has 0 unspecified atom stereocenters. The summed E-state index contributed by atoms with van der Waals surface area (Å²) < 4.78 is 3.95. The van der Waals surface area contributed by atoms with E-state index in [1.165, 1.54) is 12.8 Å². The third kappa shape index (κ3) is 3.05. The van der Waals surface area contributed by atoms with Crippen LogP contribution in [0.3, 0.4) is 0 Å². The van der Waals surface area contributed by atoms with Gasteiger partial charge in [0.25, 0.3) is 0 Å². The molecule has 1 aliphatic carbocycles. The van der Waals surface area contributed by atoms with Gasteiger partial charge >= 0.3 is 0 Å². The van der Waals surface area contributed by atoms with Crippen molar-refractivity contribution in [1.82, 2.24) is 29.7 Å². The number of rotatable bonds is 5. The van der Waals surface area contributed by atoms with E-state index in [-0.39, 0.29) is 12.6 Å². The van der Waals surface area contributed by atoms with Gasteiger partial charge < -0.3 is 14.8 Å². The maximum Gasteiger partial charge on any atom is 0.137 e. The molecule has 1 aliphatic rings. The van der Waals surface area contributed by atoms with E-state index in [2.05, 4.69) is 26.8 Å². The minimum absolute atomic E-state index is 0.0634. The SMILES string of the molecule is OCc1cn([C@@H]2CCCC[C@@H]2NCc2cn3ccccc3n2)nn1. The number of aromatic nitrogens is 5. The Hall–Kier alpha value is -2.25. The zero-order valence-electron chi connectivity index (χ0n) is 13.5. The standard InChI is InChI=1S/C17H22N6O/c24-12-14-11-23(21-20-14)16-6-2-1-5-15(16)18-9-13-10-22-8-4-3-7-17(22)19-13/h3-4,7-8,10-11,15-16,18,24H,1-2,5-6,9,12H2/t15-,16+/m0/s1.